The fraction of sp³-hybridized carbons (Fsp3) is 0.333. The highest BCUT2D eigenvalue weighted by atomic mass is 35.5. The van der Waals surface area contributed by atoms with Crippen LogP contribution >= 0.6 is 12.4 Å². The van der Waals surface area contributed by atoms with E-state index < -0.39 is 0 Å². The summed E-state index contributed by atoms with van der Waals surface area (Å²) in [7, 11) is 0. The third-order valence-electron chi connectivity index (χ3n) is 2.79. The van der Waals surface area contributed by atoms with Crippen LogP contribution in [0, 0.1) is 5.82 Å². The quantitative estimate of drug-likeness (QED) is 0.933. The second kappa shape index (κ2) is 5.99. The first-order chi connectivity index (χ1) is 8.81. The molecule has 0 radical (unpaired) electrons. The molecule has 0 bridgehead atoms. The SMILES string of the molecule is Cl.Fc1ccc(OCc2noc([C@H]3CCN3)n2)cc1. The van der Waals surface area contributed by atoms with E-state index in [0.717, 1.165) is 13.0 Å². The molecule has 0 amide bonds. The summed E-state index contributed by atoms with van der Waals surface area (Å²) < 4.78 is 23.2. The van der Waals surface area contributed by atoms with Crippen LogP contribution in [0.25, 0.3) is 0 Å². The van der Waals surface area contributed by atoms with Crippen LogP contribution in [0.2, 0.25) is 0 Å². The van der Waals surface area contributed by atoms with Gasteiger partial charge in [-0.2, -0.15) is 4.98 Å². The highest BCUT2D eigenvalue weighted by Gasteiger charge is 2.24. The first-order valence-corrected chi connectivity index (χ1v) is 5.75. The van der Waals surface area contributed by atoms with Crippen molar-refractivity contribution in [3.8, 4) is 5.75 Å². The summed E-state index contributed by atoms with van der Waals surface area (Å²) in [6.45, 7) is 1.19. The Hall–Kier alpha value is -1.66. The smallest absolute Gasteiger partial charge is 0.243 e. The lowest BCUT2D eigenvalue weighted by molar-refractivity contribution is 0.264. The molecule has 0 saturated carbocycles. The Balaban J connectivity index is 0.00000133. The maximum atomic E-state index is 12.7. The molecule has 1 aromatic carbocycles. The van der Waals surface area contributed by atoms with Crippen molar-refractivity contribution < 1.29 is 13.7 Å². The maximum absolute atomic E-state index is 12.7. The third kappa shape index (κ3) is 3.21. The number of aromatic nitrogens is 2. The number of halogens is 2. The maximum Gasteiger partial charge on any atom is 0.243 e. The van der Waals surface area contributed by atoms with Crippen molar-refractivity contribution in [1.82, 2.24) is 15.5 Å². The second-order valence-electron chi connectivity index (χ2n) is 4.09. The van der Waals surface area contributed by atoms with E-state index in [0.29, 0.717) is 17.5 Å². The zero-order chi connectivity index (χ0) is 12.4. The van der Waals surface area contributed by atoms with E-state index in [1.807, 2.05) is 0 Å². The molecule has 1 saturated heterocycles. The van der Waals surface area contributed by atoms with Gasteiger partial charge in [0.1, 0.15) is 11.6 Å². The molecule has 2 aromatic rings. The molecule has 2 heterocycles. The molecule has 0 aliphatic carbocycles. The summed E-state index contributed by atoms with van der Waals surface area (Å²) in [5.41, 5.74) is 0. The number of benzene rings is 1. The third-order valence-corrected chi connectivity index (χ3v) is 2.79. The zero-order valence-corrected chi connectivity index (χ0v) is 10.8. The van der Waals surface area contributed by atoms with Crippen molar-refractivity contribution in [3.63, 3.8) is 0 Å². The summed E-state index contributed by atoms with van der Waals surface area (Å²) in [6, 6.07) is 5.98. The second-order valence-corrected chi connectivity index (χ2v) is 4.09. The lowest BCUT2D eigenvalue weighted by atomic mass is 10.1. The van der Waals surface area contributed by atoms with Gasteiger partial charge in [0, 0.05) is 0 Å². The van der Waals surface area contributed by atoms with Gasteiger partial charge < -0.3 is 14.6 Å². The van der Waals surface area contributed by atoms with Crippen LogP contribution in [-0.2, 0) is 6.61 Å². The number of hydrogen-bond donors (Lipinski definition) is 1. The van der Waals surface area contributed by atoms with E-state index in [2.05, 4.69) is 15.5 Å². The topological polar surface area (TPSA) is 60.2 Å². The minimum Gasteiger partial charge on any atom is -0.485 e. The predicted octanol–water partition coefficient (Wildman–Crippen LogP) is 2.24. The summed E-state index contributed by atoms with van der Waals surface area (Å²) in [4.78, 5) is 4.23. The molecule has 19 heavy (non-hydrogen) atoms. The minimum atomic E-state index is -0.291. The van der Waals surface area contributed by atoms with Gasteiger partial charge in [0.2, 0.25) is 11.7 Å². The molecule has 1 N–H and O–H groups in total. The molecule has 1 aromatic heterocycles. The lowest BCUT2D eigenvalue weighted by Crippen LogP contribution is -2.35. The van der Waals surface area contributed by atoms with Gasteiger partial charge in [0.25, 0.3) is 0 Å². The van der Waals surface area contributed by atoms with E-state index in [1.165, 1.54) is 12.1 Å². The molecule has 102 valence electrons. The van der Waals surface area contributed by atoms with Gasteiger partial charge in [0.05, 0.1) is 6.04 Å². The molecule has 7 heteroatoms. The van der Waals surface area contributed by atoms with Crippen molar-refractivity contribution >= 4 is 12.4 Å². The first-order valence-electron chi connectivity index (χ1n) is 5.75. The van der Waals surface area contributed by atoms with Crippen LogP contribution in [0.1, 0.15) is 24.2 Å². The predicted molar refractivity (Wildman–Crippen MR) is 67.6 cm³/mol. The van der Waals surface area contributed by atoms with Crippen LogP contribution in [0.4, 0.5) is 4.39 Å². The minimum absolute atomic E-state index is 0. The van der Waals surface area contributed by atoms with Crippen molar-refractivity contribution in [3.05, 3.63) is 41.8 Å². The number of ether oxygens (including phenoxy) is 1. The normalized spacial score (nSPS) is 17.4. The summed E-state index contributed by atoms with van der Waals surface area (Å²) in [6.07, 6.45) is 1.01. The Morgan fingerprint density at radius 1 is 1.37 bits per heavy atom. The zero-order valence-electron chi connectivity index (χ0n) is 10.0. The van der Waals surface area contributed by atoms with Crippen molar-refractivity contribution in [2.24, 2.45) is 0 Å². The van der Waals surface area contributed by atoms with Gasteiger partial charge in [-0.3, -0.25) is 0 Å². The summed E-state index contributed by atoms with van der Waals surface area (Å²) >= 11 is 0. The summed E-state index contributed by atoms with van der Waals surface area (Å²) in [5, 5.41) is 7.00. The Bertz CT molecular complexity index is 528. The van der Waals surface area contributed by atoms with Crippen molar-refractivity contribution in [2.75, 3.05) is 6.54 Å². The average Bonchev–Trinajstić information content (AvgIpc) is 2.75. The molecule has 0 unspecified atom stereocenters. The Morgan fingerprint density at radius 2 is 2.11 bits per heavy atom. The van der Waals surface area contributed by atoms with E-state index in [4.69, 9.17) is 9.26 Å². The fourth-order valence-corrected chi connectivity index (χ4v) is 1.65. The van der Waals surface area contributed by atoms with E-state index in [1.54, 1.807) is 12.1 Å². The molecular formula is C12H13ClFN3O2. The van der Waals surface area contributed by atoms with E-state index >= 15 is 0 Å². The first kappa shape index (κ1) is 13.8. The van der Waals surface area contributed by atoms with Crippen LogP contribution in [-0.4, -0.2) is 16.7 Å². The fourth-order valence-electron chi connectivity index (χ4n) is 1.65. The Labute approximate surface area is 115 Å². The molecule has 3 rings (SSSR count). The van der Waals surface area contributed by atoms with Crippen LogP contribution < -0.4 is 10.1 Å². The van der Waals surface area contributed by atoms with Crippen LogP contribution in [0.5, 0.6) is 5.75 Å². The number of nitrogens with one attached hydrogen (secondary N) is 1. The highest BCUT2D eigenvalue weighted by molar-refractivity contribution is 5.85. The Kier molecular flexibility index (Phi) is 4.34. The lowest BCUT2D eigenvalue weighted by Gasteiger charge is -2.23. The Morgan fingerprint density at radius 3 is 2.74 bits per heavy atom. The molecule has 1 atom stereocenters. The molecule has 1 aliphatic rings. The molecular weight excluding hydrogens is 273 g/mol. The monoisotopic (exact) mass is 285 g/mol. The standard InChI is InChI=1S/C12H12FN3O2.ClH/c13-8-1-3-9(4-2-8)17-7-11-15-12(18-16-11)10-5-6-14-10;/h1-4,10,14H,5-7H2;1H/t10-;/m1./s1. The number of hydrogen-bond acceptors (Lipinski definition) is 5. The van der Waals surface area contributed by atoms with Crippen molar-refractivity contribution in [1.29, 1.82) is 0 Å². The number of nitrogens with zero attached hydrogens (tertiary/aromatic N) is 2. The van der Waals surface area contributed by atoms with E-state index in [-0.39, 0.29) is 30.9 Å². The van der Waals surface area contributed by atoms with Gasteiger partial charge in [-0.25, -0.2) is 4.39 Å². The highest BCUT2D eigenvalue weighted by Crippen LogP contribution is 2.21. The summed E-state index contributed by atoms with van der Waals surface area (Å²) in [5.74, 6) is 1.37. The van der Waals surface area contributed by atoms with Crippen LogP contribution in [0.3, 0.4) is 0 Å². The van der Waals surface area contributed by atoms with E-state index in [9.17, 15) is 4.39 Å². The molecule has 5 nitrogen and oxygen atoms in total. The molecule has 0 spiro atoms. The van der Waals surface area contributed by atoms with Gasteiger partial charge in [0.15, 0.2) is 6.61 Å². The van der Waals surface area contributed by atoms with Gasteiger partial charge >= 0.3 is 0 Å². The largest absolute Gasteiger partial charge is 0.485 e. The van der Waals surface area contributed by atoms with Crippen molar-refractivity contribution in [2.45, 2.75) is 19.1 Å². The number of rotatable bonds is 4. The van der Waals surface area contributed by atoms with Gasteiger partial charge in [-0.05, 0) is 37.2 Å². The molecule has 1 aliphatic heterocycles. The van der Waals surface area contributed by atoms with Gasteiger partial charge in [-0.15, -0.1) is 12.4 Å². The van der Waals surface area contributed by atoms with Gasteiger partial charge in [-0.1, -0.05) is 5.16 Å². The van der Waals surface area contributed by atoms with Crippen LogP contribution in [0.15, 0.2) is 28.8 Å². The average molecular weight is 286 g/mol. The molecule has 1 fully saturated rings.